The van der Waals surface area contributed by atoms with Crippen LogP contribution >= 0.6 is 15.9 Å². The Balaban J connectivity index is 2.42. The minimum Gasteiger partial charge on any atom is -0.451 e. The number of hydrogen-bond donors (Lipinski definition) is 1. The maximum absolute atomic E-state index is 13.6. The summed E-state index contributed by atoms with van der Waals surface area (Å²) in [5.41, 5.74) is 7.21. The van der Waals surface area contributed by atoms with Crippen LogP contribution in [0.4, 0.5) is 14.5 Å². The van der Waals surface area contributed by atoms with Gasteiger partial charge in [0.15, 0.2) is 17.4 Å². The topological polar surface area (TPSA) is 35.2 Å². The molecule has 2 aromatic carbocycles. The molecule has 0 atom stereocenters. The maximum atomic E-state index is 13.6. The zero-order valence-corrected chi connectivity index (χ0v) is 12.0. The van der Waals surface area contributed by atoms with Gasteiger partial charge in [-0.25, -0.2) is 8.78 Å². The smallest absolute Gasteiger partial charge is 0.198 e. The quantitative estimate of drug-likeness (QED) is 0.810. The fourth-order valence-electron chi connectivity index (χ4n) is 1.76. The van der Waals surface area contributed by atoms with Crippen molar-refractivity contribution in [2.45, 2.75) is 13.8 Å². The summed E-state index contributed by atoms with van der Waals surface area (Å²) in [6, 6.07) is 5.45. The summed E-state index contributed by atoms with van der Waals surface area (Å²) in [5, 5.41) is 0. The van der Waals surface area contributed by atoms with Crippen LogP contribution in [-0.2, 0) is 0 Å². The van der Waals surface area contributed by atoms with Crippen LogP contribution in [0.3, 0.4) is 0 Å². The van der Waals surface area contributed by atoms with Gasteiger partial charge in [-0.2, -0.15) is 0 Å². The summed E-state index contributed by atoms with van der Waals surface area (Å²) in [4.78, 5) is 0. The zero-order chi connectivity index (χ0) is 14.2. The van der Waals surface area contributed by atoms with Crippen molar-refractivity contribution in [3.8, 4) is 11.5 Å². The molecule has 100 valence electrons. The molecule has 5 heteroatoms. The van der Waals surface area contributed by atoms with Crippen LogP contribution in [0, 0.1) is 25.5 Å². The lowest BCUT2D eigenvalue weighted by atomic mass is 10.1. The van der Waals surface area contributed by atoms with Gasteiger partial charge in [-0.05, 0) is 37.1 Å². The predicted molar refractivity (Wildman–Crippen MR) is 74.5 cm³/mol. The van der Waals surface area contributed by atoms with E-state index in [4.69, 9.17) is 10.5 Å². The van der Waals surface area contributed by atoms with Gasteiger partial charge in [0.05, 0.1) is 0 Å². The molecule has 0 bridgehead atoms. The number of ether oxygens (including phenoxy) is 1. The average Bonchev–Trinajstić information content (AvgIpc) is 2.30. The minimum absolute atomic E-state index is 0.0190. The third-order valence-corrected chi connectivity index (χ3v) is 3.90. The fraction of sp³-hybridized carbons (Fsp3) is 0.143. The first kappa shape index (κ1) is 13.8. The normalized spacial score (nSPS) is 10.6. The van der Waals surface area contributed by atoms with Gasteiger partial charge >= 0.3 is 0 Å². The van der Waals surface area contributed by atoms with Crippen molar-refractivity contribution in [1.82, 2.24) is 0 Å². The van der Waals surface area contributed by atoms with Gasteiger partial charge in [0, 0.05) is 22.3 Å². The molecule has 2 rings (SSSR count). The van der Waals surface area contributed by atoms with E-state index in [0.717, 1.165) is 27.7 Å². The van der Waals surface area contributed by atoms with Gasteiger partial charge in [0.1, 0.15) is 5.75 Å². The SMILES string of the molecule is Cc1cc(Oc2c(F)cc(N)cc2F)cc(C)c1Br. The van der Waals surface area contributed by atoms with Crippen LogP contribution in [0.25, 0.3) is 0 Å². The van der Waals surface area contributed by atoms with Gasteiger partial charge in [0.2, 0.25) is 0 Å². The monoisotopic (exact) mass is 327 g/mol. The molecular weight excluding hydrogens is 316 g/mol. The van der Waals surface area contributed by atoms with Crippen LogP contribution in [0.1, 0.15) is 11.1 Å². The number of hydrogen-bond acceptors (Lipinski definition) is 2. The van der Waals surface area contributed by atoms with E-state index in [1.807, 2.05) is 13.8 Å². The number of rotatable bonds is 2. The Labute approximate surface area is 118 Å². The van der Waals surface area contributed by atoms with Crippen molar-refractivity contribution in [2.24, 2.45) is 0 Å². The molecule has 0 unspecified atom stereocenters. The predicted octanol–water partition coefficient (Wildman–Crippen LogP) is 4.72. The third kappa shape index (κ3) is 2.87. The Morgan fingerprint density at radius 1 is 1.00 bits per heavy atom. The van der Waals surface area contributed by atoms with Gasteiger partial charge in [-0.1, -0.05) is 15.9 Å². The number of aryl methyl sites for hydroxylation is 2. The molecule has 2 nitrogen and oxygen atoms in total. The molecule has 0 aliphatic carbocycles. The van der Waals surface area contributed by atoms with Gasteiger partial charge < -0.3 is 10.5 Å². The van der Waals surface area contributed by atoms with Crippen molar-refractivity contribution in [2.75, 3.05) is 5.73 Å². The molecule has 0 aliphatic heterocycles. The van der Waals surface area contributed by atoms with Crippen LogP contribution in [0.15, 0.2) is 28.7 Å². The van der Waals surface area contributed by atoms with Gasteiger partial charge in [0.25, 0.3) is 0 Å². The Hall–Kier alpha value is -1.62. The highest BCUT2D eigenvalue weighted by atomic mass is 79.9. The molecule has 0 saturated heterocycles. The molecule has 0 radical (unpaired) electrons. The van der Waals surface area contributed by atoms with Crippen LogP contribution in [-0.4, -0.2) is 0 Å². The summed E-state index contributed by atoms with van der Waals surface area (Å²) in [6.07, 6.45) is 0. The highest BCUT2D eigenvalue weighted by Crippen LogP contribution is 2.32. The van der Waals surface area contributed by atoms with Gasteiger partial charge in [-0.3, -0.25) is 0 Å². The highest BCUT2D eigenvalue weighted by molar-refractivity contribution is 9.10. The molecule has 2 aromatic rings. The Morgan fingerprint density at radius 3 is 1.95 bits per heavy atom. The van der Waals surface area contributed by atoms with Crippen molar-refractivity contribution in [3.63, 3.8) is 0 Å². The molecule has 0 amide bonds. The van der Waals surface area contributed by atoms with E-state index in [1.54, 1.807) is 12.1 Å². The number of benzene rings is 2. The fourth-order valence-corrected chi connectivity index (χ4v) is 1.99. The lowest BCUT2D eigenvalue weighted by Crippen LogP contribution is -1.96. The highest BCUT2D eigenvalue weighted by Gasteiger charge is 2.14. The molecule has 0 fully saturated rings. The Morgan fingerprint density at radius 2 is 1.47 bits per heavy atom. The Kier molecular flexibility index (Phi) is 3.75. The van der Waals surface area contributed by atoms with E-state index < -0.39 is 17.4 Å². The summed E-state index contributed by atoms with van der Waals surface area (Å²) in [6.45, 7) is 3.75. The maximum Gasteiger partial charge on any atom is 0.198 e. The minimum atomic E-state index is -0.823. The number of halogens is 3. The first-order chi connectivity index (χ1) is 8.88. The van der Waals surface area contributed by atoms with E-state index in [0.29, 0.717) is 5.75 Å². The van der Waals surface area contributed by atoms with Crippen LogP contribution in [0.5, 0.6) is 11.5 Å². The molecule has 0 aromatic heterocycles. The van der Waals surface area contributed by atoms with E-state index in [-0.39, 0.29) is 5.69 Å². The molecule has 0 spiro atoms. The van der Waals surface area contributed by atoms with Crippen molar-refractivity contribution < 1.29 is 13.5 Å². The largest absolute Gasteiger partial charge is 0.451 e. The standard InChI is InChI=1S/C14H12BrF2NO/c1-7-3-10(4-8(2)13(7)15)19-14-11(16)5-9(18)6-12(14)17/h3-6H,18H2,1-2H3. The molecule has 2 N–H and O–H groups in total. The van der Waals surface area contributed by atoms with E-state index in [9.17, 15) is 8.78 Å². The third-order valence-electron chi connectivity index (χ3n) is 2.65. The summed E-state index contributed by atoms with van der Waals surface area (Å²) < 4.78 is 33.5. The zero-order valence-electron chi connectivity index (χ0n) is 10.4. The van der Waals surface area contributed by atoms with Crippen molar-refractivity contribution >= 4 is 21.6 Å². The molecule has 0 saturated carbocycles. The van der Waals surface area contributed by atoms with E-state index in [2.05, 4.69) is 15.9 Å². The second-order valence-electron chi connectivity index (χ2n) is 4.29. The van der Waals surface area contributed by atoms with Crippen LogP contribution < -0.4 is 10.5 Å². The van der Waals surface area contributed by atoms with Gasteiger partial charge in [-0.15, -0.1) is 0 Å². The van der Waals surface area contributed by atoms with Crippen molar-refractivity contribution in [1.29, 1.82) is 0 Å². The lowest BCUT2D eigenvalue weighted by Gasteiger charge is -2.11. The summed E-state index contributed by atoms with van der Waals surface area (Å²) in [7, 11) is 0. The molecular formula is C14H12BrF2NO. The molecule has 0 heterocycles. The second kappa shape index (κ2) is 5.17. The summed E-state index contributed by atoms with van der Waals surface area (Å²) in [5.74, 6) is -1.72. The van der Waals surface area contributed by atoms with E-state index >= 15 is 0 Å². The number of anilines is 1. The first-order valence-electron chi connectivity index (χ1n) is 5.57. The van der Waals surface area contributed by atoms with Crippen LogP contribution in [0.2, 0.25) is 0 Å². The lowest BCUT2D eigenvalue weighted by molar-refractivity contribution is 0.407. The number of nitrogens with two attached hydrogens (primary N) is 1. The van der Waals surface area contributed by atoms with Crippen molar-refractivity contribution in [3.05, 3.63) is 51.5 Å². The first-order valence-corrected chi connectivity index (χ1v) is 6.37. The van der Waals surface area contributed by atoms with E-state index in [1.165, 1.54) is 0 Å². The average molecular weight is 328 g/mol. The summed E-state index contributed by atoms with van der Waals surface area (Å²) >= 11 is 3.42. The number of nitrogen functional groups attached to an aromatic ring is 1. The second-order valence-corrected chi connectivity index (χ2v) is 5.08. The Bertz CT molecular complexity index is 597. The molecule has 0 aliphatic rings. The molecule has 19 heavy (non-hydrogen) atoms.